The van der Waals surface area contributed by atoms with Gasteiger partial charge in [0.2, 0.25) is 0 Å². The SMILES string of the molecule is COCCOC(=O)c1ccc(C(=O)OCCOC(=O)c2ccc(C(C)=O)cc2)cc1. The molecule has 0 saturated heterocycles. The molecule has 0 fully saturated rings. The first kappa shape index (κ1) is 22.8. The molecule has 2 aromatic rings. The van der Waals surface area contributed by atoms with Crippen LogP contribution < -0.4 is 0 Å². The van der Waals surface area contributed by atoms with Gasteiger partial charge in [-0.25, -0.2) is 14.4 Å². The topological polar surface area (TPSA) is 105 Å². The standard InChI is InChI=1S/C22H22O8/c1-15(23)16-3-5-17(6-4-16)21(25)29-13-14-30-22(26)19-9-7-18(8-10-19)20(24)28-12-11-27-2/h3-10H,11-14H2,1-2H3. The number of benzene rings is 2. The maximum Gasteiger partial charge on any atom is 0.338 e. The van der Waals surface area contributed by atoms with E-state index in [1.807, 2.05) is 0 Å². The van der Waals surface area contributed by atoms with Gasteiger partial charge in [-0.05, 0) is 43.3 Å². The van der Waals surface area contributed by atoms with Crippen LogP contribution in [0, 0.1) is 0 Å². The molecule has 0 unspecified atom stereocenters. The van der Waals surface area contributed by atoms with Crippen molar-refractivity contribution in [2.45, 2.75) is 6.92 Å². The lowest BCUT2D eigenvalue weighted by Crippen LogP contribution is -2.14. The Bertz CT molecular complexity index is 884. The molecule has 0 heterocycles. The first-order chi connectivity index (χ1) is 14.4. The van der Waals surface area contributed by atoms with Crippen LogP contribution in [0.15, 0.2) is 48.5 Å². The van der Waals surface area contributed by atoms with E-state index in [1.54, 1.807) is 0 Å². The summed E-state index contributed by atoms with van der Waals surface area (Å²) in [6.45, 7) is 1.62. The Morgan fingerprint density at radius 1 is 0.567 bits per heavy atom. The Balaban J connectivity index is 1.75. The number of carbonyl (C=O) groups is 4. The highest BCUT2D eigenvalue weighted by Gasteiger charge is 2.12. The molecule has 0 radical (unpaired) electrons. The van der Waals surface area contributed by atoms with Crippen molar-refractivity contribution in [3.63, 3.8) is 0 Å². The van der Waals surface area contributed by atoms with E-state index in [1.165, 1.54) is 62.6 Å². The molecule has 8 nitrogen and oxygen atoms in total. The zero-order valence-corrected chi connectivity index (χ0v) is 16.7. The zero-order valence-electron chi connectivity index (χ0n) is 16.7. The molecular weight excluding hydrogens is 392 g/mol. The third-order valence-corrected chi connectivity index (χ3v) is 3.95. The largest absolute Gasteiger partial charge is 0.460 e. The van der Waals surface area contributed by atoms with Crippen molar-refractivity contribution in [3.05, 3.63) is 70.8 Å². The lowest BCUT2D eigenvalue weighted by molar-refractivity contribution is 0.0265. The van der Waals surface area contributed by atoms with Crippen LogP contribution in [0.3, 0.4) is 0 Å². The Kier molecular flexibility index (Phi) is 8.71. The fourth-order valence-corrected chi connectivity index (χ4v) is 2.32. The molecule has 0 aliphatic rings. The second kappa shape index (κ2) is 11.5. The normalized spacial score (nSPS) is 10.2. The second-order valence-corrected chi connectivity index (χ2v) is 6.11. The Labute approximate surface area is 173 Å². The molecule has 0 saturated carbocycles. The number of esters is 3. The Hall–Kier alpha value is -3.52. The van der Waals surface area contributed by atoms with Gasteiger partial charge in [0.25, 0.3) is 0 Å². The predicted molar refractivity (Wildman–Crippen MR) is 106 cm³/mol. The van der Waals surface area contributed by atoms with E-state index in [4.69, 9.17) is 18.9 Å². The summed E-state index contributed by atoms with van der Waals surface area (Å²) in [5, 5.41) is 0. The van der Waals surface area contributed by atoms with Crippen LogP contribution in [0.2, 0.25) is 0 Å². The van der Waals surface area contributed by atoms with E-state index < -0.39 is 17.9 Å². The average molecular weight is 414 g/mol. The van der Waals surface area contributed by atoms with Crippen LogP contribution in [0.4, 0.5) is 0 Å². The molecule has 0 aromatic heterocycles. The molecule has 0 bridgehead atoms. The molecule has 0 amide bonds. The summed E-state index contributed by atoms with van der Waals surface area (Å²) in [4.78, 5) is 47.0. The molecule has 0 aliphatic carbocycles. The van der Waals surface area contributed by atoms with Crippen LogP contribution in [-0.4, -0.2) is 57.2 Å². The predicted octanol–water partition coefficient (Wildman–Crippen LogP) is 2.71. The molecule has 2 rings (SSSR count). The van der Waals surface area contributed by atoms with Gasteiger partial charge < -0.3 is 18.9 Å². The van der Waals surface area contributed by atoms with Gasteiger partial charge in [-0.1, -0.05) is 12.1 Å². The van der Waals surface area contributed by atoms with Crippen LogP contribution in [0.25, 0.3) is 0 Å². The van der Waals surface area contributed by atoms with Crippen molar-refractivity contribution in [1.29, 1.82) is 0 Å². The van der Waals surface area contributed by atoms with Gasteiger partial charge in [-0.3, -0.25) is 4.79 Å². The number of carbonyl (C=O) groups excluding carboxylic acids is 4. The zero-order chi connectivity index (χ0) is 21.9. The minimum absolute atomic E-state index is 0.0992. The molecule has 8 heteroatoms. The van der Waals surface area contributed by atoms with Gasteiger partial charge in [0.05, 0.1) is 23.3 Å². The lowest BCUT2D eigenvalue weighted by Gasteiger charge is -2.08. The highest BCUT2D eigenvalue weighted by Crippen LogP contribution is 2.09. The van der Waals surface area contributed by atoms with Crippen molar-refractivity contribution in [2.24, 2.45) is 0 Å². The summed E-state index contributed by atoms with van der Waals surface area (Å²) in [6, 6.07) is 11.9. The summed E-state index contributed by atoms with van der Waals surface area (Å²) in [6.07, 6.45) is 0. The molecule has 158 valence electrons. The Morgan fingerprint density at radius 3 is 1.17 bits per heavy atom. The maximum absolute atomic E-state index is 12.0. The maximum atomic E-state index is 12.0. The molecular formula is C22H22O8. The number of hydrogen-bond donors (Lipinski definition) is 0. The van der Waals surface area contributed by atoms with E-state index >= 15 is 0 Å². The van der Waals surface area contributed by atoms with Gasteiger partial charge in [-0.2, -0.15) is 0 Å². The van der Waals surface area contributed by atoms with Crippen LogP contribution in [-0.2, 0) is 18.9 Å². The molecule has 2 aromatic carbocycles. The van der Waals surface area contributed by atoms with E-state index in [0.717, 1.165) is 0 Å². The Morgan fingerprint density at radius 2 is 0.867 bits per heavy atom. The smallest absolute Gasteiger partial charge is 0.338 e. The minimum Gasteiger partial charge on any atom is -0.460 e. The summed E-state index contributed by atoms with van der Waals surface area (Å²) >= 11 is 0. The van der Waals surface area contributed by atoms with E-state index in [0.29, 0.717) is 23.3 Å². The molecule has 0 N–H and O–H groups in total. The van der Waals surface area contributed by atoms with E-state index in [9.17, 15) is 19.2 Å². The number of hydrogen-bond acceptors (Lipinski definition) is 8. The summed E-state index contributed by atoms with van der Waals surface area (Å²) in [5.74, 6) is -1.82. The third kappa shape index (κ3) is 6.82. The van der Waals surface area contributed by atoms with Crippen molar-refractivity contribution in [1.82, 2.24) is 0 Å². The number of ketones is 1. The lowest BCUT2D eigenvalue weighted by atomic mass is 10.1. The second-order valence-electron chi connectivity index (χ2n) is 6.11. The van der Waals surface area contributed by atoms with Crippen LogP contribution in [0.5, 0.6) is 0 Å². The number of ether oxygens (including phenoxy) is 4. The van der Waals surface area contributed by atoms with Crippen molar-refractivity contribution >= 4 is 23.7 Å². The minimum atomic E-state index is -0.615. The molecule has 0 atom stereocenters. The number of methoxy groups -OCH3 is 1. The van der Waals surface area contributed by atoms with Gasteiger partial charge in [0, 0.05) is 12.7 Å². The highest BCUT2D eigenvalue weighted by atomic mass is 16.6. The van der Waals surface area contributed by atoms with Crippen molar-refractivity contribution in [2.75, 3.05) is 33.5 Å². The highest BCUT2D eigenvalue weighted by molar-refractivity contribution is 5.96. The number of rotatable bonds is 10. The third-order valence-electron chi connectivity index (χ3n) is 3.95. The molecule has 30 heavy (non-hydrogen) atoms. The summed E-state index contributed by atoms with van der Waals surface area (Å²) in [5.41, 5.74) is 1.33. The molecule has 0 spiro atoms. The first-order valence-corrected chi connectivity index (χ1v) is 9.13. The van der Waals surface area contributed by atoms with Gasteiger partial charge in [-0.15, -0.1) is 0 Å². The summed E-state index contributed by atoms with van der Waals surface area (Å²) in [7, 11) is 1.50. The first-order valence-electron chi connectivity index (χ1n) is 9.13. The quantitative estimate of drug-likeness (QED) is 0.253. The monoisotopic (exact) mass is 414 g/mol. The van der Waals surface area contributed by atoms with Gasteiger partial charge >= 0.3 is 17.9 Å². The van der Waals surface area contributed by atoms with Gasteiger partial charge in [0.1, 0.15) is 19.8 Å². The molecule has 0 aliphatic heterocycles. The van der Waals surface area contributed by atoms with E-state index in [-0.39, 0.29) is 31.2 Å². The fraction of sp³-hybridized carbons (Fsp3) is 0.273. The van der Waals surface area contributed by atoms with Crippen LogP contribution >= 0.6 is 0 Å². The van der Waals surface area contributed by atoms with Crippen molar-refractivity contribution < 1.29 is 38.1 Å². The van der Waals surface area contributed by atoms with Crippen molar-refractivity contribution in [3.8, 4) is 0 Å². The fourth-order valence-electron chi connectivity index (χ4n) is 2.32. The number of Topliss-reactive ketones (excluding diaryl/α,β-unsaturated/α-hetero) is 1. The average Bonchev–Trinajstić information content (AvgIpc) is 2.76. The van der Waals surface area contributed by atoms with Crippen LogP contribution in [0.1, 0.15) is 48.4 Å². The van der Waals surface area contributed by atoms with E-state index in [2.05, 4.69) is 0 Å². The summed E-state index contributed by atoms with van der Waals surface area (Å²) < 4.78 is 19.9. The van der Waals surface area contributed by atoms with Gasteiger partial charge in [0.15, 0.2) is 5.78 Å².